The molecule has 1 rings (SSSR count). The van der Waals surface area contributed by atoms with E-state index in [1.807, 2.05) is 0 Å². The van der Waals surface area contributed by atoms with E-state index in [9.17, 15) is 4.79 Å². The molecule has 1 saturated heterocycles. The van der Waals surface area contributed by atoms with Crippen molar-refractivity contribution < 1.29 is 15.7 Å². The second kappa shape index (κ2) is 9.03. The summed E-state index contributed by atoms with van der Waals surface area (Å²) in [6, 6.07) is 0. The van der Waals surface area contributed by atoms with Crippen LogP contribution in [0.15, 0.2) is 0 Å². The van der Waals surface area contributed by atoms with Gasteiger partial charge in [-0.2, -0.15) is 11.8 Å². The molecular formula is C4H12ClNO3S. The van der Waals surface area contributed by atoms with Crippen LogP contribution in [0.1, 0.15) is 0 Å². The van der Waals surface area contributed by atoms with Crippen molar-refractivity contribution in [1.82, 2.24) is 5.32 Å². The van der Waals surface area contributed by atoms with E-state index in [0.717, 1.165) is 12.3 Å². The van der Waals surface area contributed by atoms with Crippen LogP contribution in [0, 0.1) is 0 Å². The zero-order valence-corrected chi connectivity index (χ0v) is 6.98. The van der Waals surface area contributed by atoms with Crippen molar-refractivity contribution in [2.75, 3.05) is 18.1 Å². The first kappa shape index (κ1) is 16.5. The lowest BCUT2D eigenvalue weighted by atomic mass is 10.6. The van der Waals surface area contributed by atoms with E-state index in [0.29, 0.717) is 5.75 Å². The molecule has 0 radical (unpaired) electrons. The summed E-state index contributed by atoms with van der Waals surface area (Å²) in [6.45, 7) is 0.851. The highest BCUT2D eigenvalue weighted by Gasteiger charge is 2.04. The van der Waals surface area contributed by atoms with Gasteiger partial charge in [0.2, 0.25) is 5.91 Å². The lowest BCUT2D eigenvalue weighted by molar-refractivity contribution is -0.118. The number of halogens is 1. The summed E-state index contributed by atoms with van der Waals surface area (Å²) in [7, 11) is 0. The van der Waals surface area contributed by atoms with E-state index in [-0.39, 0.29) is 29.3 Å². The predicted molar refractivity (Wildman–Crippen MR) is 44.8 cm³/mol. The van der Waals surface area contributed by atoms with Gasteiger partial charge in [-0.25, -0.2) is 0 Å². The highest BCUT2D eigenvalue weighted by molar-refractivity contribution is 8.00. The Hall–Kier alpha value is 0.0300. The lowest BCUT2D eigenvalue weighted by Crippen LogP contribution is -2.31. The van der Waals surface area contributed by atoms with Crippen LogP contribution in [0.25, 0.3) is 0 Å². The number of amides is 1. The molecule has 0 aromatic rings. The molecular weight excluding hydrogens is 178 g/mol. The van der Waals surface area contributed by atoms with Gasteiger partial charge in [-0.3, -0.25) is 4.79 Å². The minimum Gasteiger partial charge on any atom is -0.412 e. The van der Waals surface area contributed by atoms with Crippen LogP contribution in [0.3, 0.4) is 0 Å². The monoisotopic (exact) mass is 189 g/mol. The second-order valence-corrected chi connectivity index (χ2v) is 2.51. The number of carbonyl (C=O) groups is 1. The fraction of sp³-hybridized carbons (Fsp3) is 0.750. The highest BCUT2D eigenvalue weighted by Crippen LogP contribution is 2.00. The average molecular weight is 190 g/mol. The van der Waals surface area contributed by atoms with E-state index in [1.165, 1.54) is 0 Å². The van der Waals surface area contributed by atoms with Crippen LogP contribution in [0.5, 0.6) is 0 Å². The van der Waals surface area contributed by atoms with Crippen molar-refractivity contribution in [2.45, 2.75) is 0 Å². The minimum absolute atomic E-state index is 0. The molecule has 0 bridgehead atoms. The van der Waals surface area contributed by atoms with Gasteiger partial charge >= 0.3 is 0 Å². The molecule has 1 heterocycles. The normalized spacial score (nSPS) is 15.0. The van der Waals surface area contributed by atoms with E-state index in [1.54, 1.807) is 11.8 Å². The molecule has 5 N–H and O–H groups in total. The summed E-state index contributed by atoms with van der Waals surface area (Å²) in [5.41, 5.74) is 0. The molecule has 0 aliphatic carbocycles. The Morgan fingerprint density at radius 1 is 1.40 bits per heavy atom. The maximum atomic E-state index is 10.3. The zero-order valence-electron chi connectivity index (χ0n) is 5.35. The Balaban J connectivity index is -0.000000163. The molecule has 0 spiro atoms. The third-order valence-corrected chi connectivity index (χ3v) is 1.76. The highest BCUT2D eigenvalue weighted by atomic mass is 35.5. The van der Waals surface area contributed by atoms with Gasteiger partial charge in [0, 0.05) is 12.3 Å². The Kier molecular flexibility index (Phi) is 14.9. The van der Waals surface area contributed by atoms with Gasteiger partial charge in [-0.05, 0) is 0 Å². The van der Waals surface area contributed by atoms with Crippen LogP contribution in [-0.4, -0.2) is 34.9 Å². The number of hydrogen-bond acceptors (Lipinski definition) is 2. The van der Waals surface area contributed by atoms with Crippen molar-refractivity contribution in [3.8, 4) is 0 Å². The number of rotatable bonds is 0. The summed E-state index contributed by atoms with van der Waals surface area (Å²) >= 11 is 1.69. The largest absolute Gasteiger partial charge is 0.412 e. The van der Waals surface area contributed by atoms with E-state index >= 15 is 0 Å². The maximum absolute atomic E-state index is 10.3. The quantitative estimate of drug-likeness (QED) is 0.509. The summed E-state index contributed by atoms with van der Waals surface area (Å²) < 4.78 is 0. The number of nitrogens with one attached hydrogen (secondary N) is 1. The summed E-state index contributed by atoms with van der Waals surface area (Å²) in [4.78, 5) is 10.3. The van der Waals surface area contributed by atoms with Gasteiger partial charge in [0.05, 0.1) is 5.75 Å². The summed E-state index contributed by atoms with van der Waals surface area (Å²) in [6.07, 6.45) is 0. The third kappa shape index (κ3) is 6.15. The van der Waals surface area contributed by atoms with Crippen molar-refractivity contribution in [3.63, 3.8) is 0 Å². The third-order valence-electron chi connectivity index (χ3n) is 0.802. The Labute approximate surface area is 69.8 Å². The molecule has 0 aromatic heterocycles. The Morgan fingerprint density at radius 3 is 2.20 bits per heavy atom. The fourth-order valence-corrected chi connectivity index (χ4v) is 1.16. The zero-order chi connectivity index (χ0) is 5.11. The average Bonchev–Trinajstić information content (AvgIpc) is 1.69. The van der Waals surface area contributed by atoms with Crippen molar-refractivity contribution in [2.24, 2.45) is 0 Å². The van der Waals surface area contributed by atoms with Crippen LogP contribution in [0.2, 0.25) is 0 Å². The van der Waals surface area contributed by atoms with Crippen molar-refractivity contribution >= 4 is 30.1 Å². The molecule has 6 heteroatoms. The number of thioether (sulfide) groups is 1. The van der Waals surface area contributed by atoms with Crippen LogP contribution in [-0.2, 0) is 4.79 Å². The molecule has 0 saturated carbocycles. The van der Waals surface area contributed by atoms with E-state index in [4.69, 9.17) is 0 Å². The first-order valence-corrected chi connectivity index (χ1v) is 3.39. The van der Waals surface area contributed by atoms with Gasteiger partial charge in [-0.15, -0.1) is 12.4 Å². The van der Waals surface area contributed by atoms with Crippen LogP contribution >= 0.6 is 24.2 Å². The van der Waals surface area contributed by atoms with E-state index < -0.39 is 0 Å². The molecule has 1 aliphatic heterocycles. The smallest absolute Gasteiger partial charge is 0.230 e. The van der Waals surface area contributed by atoms with Crippen molar-refractivity contribution in [1.29, 1.82) is 0 Å². The molecule has 4 nitrogen and oxygen atoms in total. The molecule has 0 aromatic carbocycles. The second-order valence-electron chi connectivity index (χ2n) is 1.40. The molecule has 64 valence electrons. The first-order valence-electron chi connectivity index (χ1n) is 2.24. The van der Waals surface area contributed by atoms with Gasteiger partial charge < -0.3 is 16.3 Å². The SMILES string of the molecule is Cl.O.O.O=C1CSCCN1. The number of hydrogen-bond donors (Lipinski definition) is 1. The minimum atomic E-state index is 0. The summed E-state index contributed by atoms with van der Waals surface area (Å²) in [5, 5.41) is 2.72. The molecule has 1 fully saturated rings. The Bertz CT molecular complexity index is 84.6. The van der Waals surface area contributed by atoms with Gasteiger partial charge in [0.1, 0.15) is 0 Å². The first-order chi connectivity index (χ1) is 3.39. The van der Waals surface area contributed by atoms with E-state index in [2.05, 4.69) is 5.32 Å². The topological polar surface area (TPSA) is 92.1 Å². The van der Waals surface area contributed by atoms with Crippen molar-refractivity contribution in [3.05, 3.63) is 0 Å². The molecule has 1 aliphatic rings. The van der Waals surface area contributed by atoms with Crippen LogP contribution < -0.4 is 5.32 Å². The lowest BCUT2D eigenvalue weighted by Gasteiger charge is -2.08. The number of carbonyl (C=O) groups excluding carboxylic acids is 1. The van der Waals surface area contributed by atoms with Crippen LogP contribution in [0.4, 0.5) is 0 Å². The van der Waals surface area contributed by atoms with Gasteiger partial charge in [-0.1, -0.05) is 0 Å². The Morgan fingerprint density at radius 2 is 2.00 bits per heavy atom. The molecule has 1 amide bonds. The van der Waals surface area contributed by atoms with Gasteiger partial charge in [0.15, 0.2) is 0 Å². The maximum Gasteiger partial charge on any atom is 0.230 e. The molecule has 10 heavy (non-hydrogen) atoms. The summed E-state index contributed by atoms with van der Waals surface area (Å²) in [5.74, 6) is 1.91. The fourth-order valence-electron chi connectivity index (χ4n) is 0.479. The molecule has 0 atom stereocenters. The predicted octanol–water partition coefficient (Wildman–Crippen LogP) is -1.38. The molecule has 0 unspecified atom stereocenters. The standard InChI is InChI=1S/C4H7NOS.ClH.2H2O/c6-4-3-7-2-1-5-4;;;/h1-3H2,(H,5,6);1H;2*1H2. The van der Waals surface area contributed by atoms with Gasteiger partial charge in [0.25, 0.3) is 0 Å².